The van der Waals surface area contributed by atoms with E-state index in [0.717, 1.165) is 6.07 Å². The molecule has 1 atom stereocenters. The quantitative estimate of drug-likeness (QED) is 0.611. The lowest BCUT2D eigenvalue weighted by Gasteiger charge is -2.15. The van der Waals surface area contributed by atoms with Gasteiger partial charge in [-0.3, -0.25) is 5.84 Å². The molecule has 0 saturated heterocycles. The third kappa shape index (κ3) is 2.37. The predicted octanol–water partition coefficient (Wildman–Crippen LogP) is 2.25. The molecular formula is C8H8ClF3N2. The number of hydrazine groups is 1. The molecule has 0 saturated carbocycles. The molecule has 0 amide bonds. The molecular weight excluding hydrogens is 217 g/mol. The summed E-state index contributed by atoms with van der Waals surface area (Å²) >= 11 is 5.47. The summed E-state index contributed by atoms with van der Waals surface area (Å²) in [7, 11) is 0. The van der Waals surface area contributed by atoms with Crippen LogP contribution in [0.2, 0.25) is 5.02 Å². The Morgan fingerprint density at radius 1 is 1.36 bits per heavy atom. The SMILES string of the molecule is NNC(c1ccc(Cl)cc1F)C(F)F. The van der Waals surface area contributed by atoms with E-state index in [9.17, 15) is 13.2 Å². The Morgan fingerprint density at radius 3 is 2.43 bits per heavy atom. The first kappa shape index (κ1) is 11.3. The van der Waals surface area contributed by atoms with Crippen molar-refractivity contribution >= 4 is 11.6 Å². The Balaban J connectivity index is 3.04. The second-order valence-electron chi connectivity index (χ2n) is 2.64. The van der Waals surface area contributed by atoms with E-state index in [-0.39, 0.29) is 10.6 Å². The zero-order valence-corrected chi connectivity index (χ0v) is 7.73. The van der Waals surface area contributed by atoms with Gasteiger partial charge in [0.05, 0.1) is 0 Å². The van der Waals surface area contributed by atoms with E-state index in [1.807, 2.05) is 5.43 Å². The molecule has 78 valence electrons. The van der Waals surface area contributed by atoms with Crippen molar-refractivity contribution in [1.29, 1.82) is 0 Å². The molecule has 1 aromatic carbocycles. The Hall–Kier alpha value is -0.780. The van der Waals surface area contributed by atoms with Crippen LogP contribution in [0.25, 0.3) is 0 Å². The van der Waals surface area contributed by atoms with Crippen molar-refractivity contribution in [3.05, 3.63) is 34.6 Å². The molecule has 0 aliphatic heterocycles. The number of hydrogen-bond acceptors (Lipinski definition) is 2. The van der Waals surface area contributed by atoms with Gasteiger partial charge in [0.15, 0.2) is 0 Å². The van der Waals surface area contributed by atoms with E-state index in [0.29, 0.717) is 0 Å². The first-order valence-electron chi connectivity index (χ1n) is 3.75. The molecule has 0 aromatic heterocycles. The van der Waals surface area contributed by atoms with Crippen LogP contribution in [0.1, 0.15) is 11.6 Å². The van der Waals surface area contributed by atoms with Gasteiger partial charge < -0.3 is 0 Å². The van der Waals surface area contributed by atoms with Gasteiger partial charge in [-0.05, 0) is 12.1 Å². The minimum Gasteiger partial charge on any atom is -0.271 e. The van der Waals surface area contributed by atoms with Gasteiger partial charge in [-0.1, -0.05) is 17.7 Å². The summed E-state index contributed by atoms with van der Waals surface area (Å²) in [4.78, 5) is 0. The number of nitrogens with two attached hydrogens (primary N) is 1. The van der Waals surface area contributed by atoms with E-state index in [4.69, 9.17) is 17.4 Å². The zero-order valence-electron chi connectivity index (χ0n) is 6.98. The third-order valence-corrected chi connectivity index (χ3v) is 1.96. The molecule has 3 N–H and O–H groups in total. The number of nitrogens with one attached hydrogen (secondary N) is 1. The third-order valence-electron chi connectivity index (χ3n) is 1.73. The summed E-state index contributed by atoms with van der Waals surface area (Å²) in [5.41, 5.74) is 1.64. The van der Waals surface area contributed by atoms with E-state index in [1.165, 1.54) is 12.1 Å². The fourth-order valence-corrected chi connectivity index (χ4v) is 1.21. The van der Waals surface area contributed by atoms with Crippen molar-refractivity contribution in [2.24, 2.45) is 5.84 Å². The average Bonchev–Trinajstić information content (AvgIpc) is 2.09. The van der Waals surface area contributed by atoms with Gasteiger partial charge in [-0.15, -0.1) is 0 Å². The zero-order chi connectivity index (χ0) is 10.7. The molecule has 0 aliphatic rings. The molecule has 14 heavy (non-hydrogen) atoms. The van der Waals surface area contributed by atoms with Crippen molar-refractivity contribution in [1.82, 2.24) is 5.43 Å². The Morgan fingerprint density at radius 2 is 2.00 bits per heavy atom. The van der Waals surface area contributed by atoms with Gasteiger partial charge in [0.2, 0.25) is 0 Å². The molecule has 0 heterocycles. The Bertz CT molecular complexity index is 319. The molecule has 0 spiro atoms. The predicted molar refractivity (Wildman–Crippen MR) is 47.5 cm³/mol. The number of rotatable bonds is 3. The second-order valence-corrected chi connectivity index (χ2v) is 3.08. The van der Waals surface area contributed by atoms with Crippen LogP contribution in [0.3, 0.4) is 0 Å². The molecule has 2 nitrogen and oxygen atoms in total. The van der Waals surface area contributed by atoms with E-state index in [2.05, 4.69) is 0 Å². The fraction of sp³-hybridized carbons (Fsp3) is 0.250. The molecule has 1 unspecified atom stereocenters. The van der Waals surface area contributed by atoms with Crippen LogP contribution in [0.4, 0.5) is 13.2 Å². The summed E-state index contributed by atoms with van der Waals surface area (Å²) in [6.07, 6.45) is -2.78. The summed E-state index contributed by atoms with van der Waals surface area (Å²) in [5, 5.41) is 0.149. The standard InChI is InChI=1S/C8H8ClF3N2/c9-4-1-2-5(6(10)3-4)7(14-13)8(11)12/h1-3,7-8,14H,13H2. The molecule has 1 rings (SSSR count). The number of alkyl halides is 2. The van der Waals surface area contributed by atoms with E-state index in [1.54, 1.807) is 0 Å². The summed E-state index contributed by atoms with van der Waals surface area (Å²) in [6, 6.07) is 1.94. The molecule has 0 bridgehead atoms. The Labute approximate surface area is 83.8 Å². The minimum atomic E-state index is -2.78. The van der Waals surface area contributed by atoms with Crippen LogP contribution < -0.4 is 11.3 Å². The maximum absolute atomic E-state index is 13.1. The lowest BCUT2D eigenvalue weighted by Crippen LogP contribution is -2.33. The molecule has 0 aliphatic carbocycles. The lowest BCUT2D eigenvalue weighted by molar-refractivity contribution is 0.0969. The molecule has 6 heteroatoms. The van der Waals surface area contributed by atoms with Gasteiger partial charge in [-0.25, -0.2) is 18.6 Å². The highest BCUT2D eigenvalue weighted by Crippen LogP contribution is 2.24. The maximum Gasteiger partial charge on any atom is 0.259 e. The average molecular weight is 225 g/mol. The van der Waals surface area contributed by atoms with Crippen LogP contribution in [0.15, 0.2) is 18.2 Å². The van der Waals surface area contributed by atoms with Crippen LogP contribution in [-0.2, 0) is 0 Å². The maximum atomic E-state index is 13.1. The molecule has 0 radical (unpaired) electrons. The van der Waals surface area contributed by atoms with Crippen LogP contribution in [0, 0.1) is 5.82 Å². The van der Waals surface area contributed by atoms with Crippen LogP contribution in [-0.4, -0.2) is 6.43 Å². The number of hydrogen-bond donors (Lipinski definition) is 2. The summed E-state index contributed by atoms with van der Waals surface area (Å²) in [5.74, 6) is 4.08. The van der Waals surface area contributed by atoms with Gasteiger partial charge in [-0.2, -0.15) is 0 Å². The minimum absolute atomic E-state index is 0.149. The highest BCUT2D eigenvalue weighted by Gasteiger charge is 2.23. The second kappa shape index (κ2) is 4.63. The van der Waals surface area contributed by atoms with Crippen molar-refractivity contribution in [3.8, 4) is 0 Å². The number of halogens is 4. The highest BCUT2D eigenvalue weighted by molar-refractivity contribution is 6.30. The number of benzene rings is 1. The van der Waals surface area contributed by atoms with Crippen molar-refractivity contribution in [2.45, 2.75) is 12.5 Å². The smallest absolute Gasteiger partial charge is 0.259 e. The van der Waals surface area contributed by atoms with Crippen LogP contribution >= 0.6 is 11.6 Å². The van der Waals surface area contributed by atoms with Crippen molar-refractivity contribution < 1.29 is 13.2 Å². The first-order valence-corrected chi connectivity index (χ1v) is 4.13. The van der Waals surface area contributed by atoms with Crippen molar-refractivity contribution in [2.75, 3.05) is 0 Å². The van der Waals surface area contributed by atoms with Gasteiger partial charge in [0, 0.05) is 10.6 Å². The molecule has 0 fully saturated rings. The van der Waals surface area contributed by atoms with Crippen molar-refractivity contribution in [3.63, 3.8) is 0 Å². The summed E-state index contributed by atoms with van der Waals surface area (Å²) in [6.45, 7) is 0. The van der Waals surface area contributed by atoms with E-state index >= 15 is 0 Å². The fourth-order valence-electron chi connectivity index (χ4n) is 1.05. The van der Waals surface area contributed by atoms with Gasteiger partial charge >= 0.3 is 0 Å². The summed E-state index contributed by atoms with van der Waals surface area (Å²) < 4.78 is 37.8. The first-order chi connectivity index (χ1) is 6.56. The van der Waals surface area contributed by atoms with E-state index < -0.39 is 18.3 Å². The van der Waals surface area contributed by atoms with Gasteiger partial charge in [0.25, 0.3) is 6.43 Å². The molecule has 1 aromatic rings. The normalized spacial score (nSPS) is 13.3. The van der Waals surface area contributed by atoms with Gasteiger partial charge in [0.1, 0.15) is 11.9 Å². The topological polar surface area (TPSA) is 38.0 Å². The monoisotopic (exact) mass is 224 g/mol. The van der Waals surface area contributed by atoms with Crippen LogP contribution in [0.5, 0.6) is 0 Å². The Kier molecular flexibility index (Phi) is 3.74. The lowest BCUT2D eigenvalue weighted by atomic mass is 10.1. The highest BCUT2D eigenvalue weighted by atomic mass is 35.5. The largest absolute Gasteiger partial charge is 0.271 e.